The van der Waals surface area contributed by atoms with Gasteiger partial charge in [0, 0.05) is 19.1 Å². The van der Waals surface area contributed by atoms with Crippen LogP contribution in [0.2, 0.25) is 0 Å². The highest BCUT2D eigenvalue weighted by molar-refractivity contribution is 5.19. The quantitative estimate of drug-likeness (QED) is 0.662. The summed E-state index contributed by atoms with van der Waals surface area (Å²) < 4.78 is 5.33. The first kappa shape index (κ1) is 11.7. The van der Waals surface area contributed by atoms with Crippen molar-refractivity contribution in [1.29, 1.82) is 0 Å². The van der Waals surface area contributed by atoms with Gasteiger partial charge in [-0.15, -0.1) is 0 Å². The molecule has 0 saturated heterocycles. The molecule has 0 amide bonds. The highest BCUT2D eigenvalue weighted by atomic mass is 16.5. The topological polar surface area (TPSA) is 41.5 Å². The van der Waals surface area contributed by atoms with Crippen molar-refractivity contribution >= 4 is 0 Å². The van der Waals surface area contributed by atoms with Crippen LogP contribution < -0.4 is 5.32 Å². The minimum absolute atomic E-state index is 0.0404. The molecule has 82 valence electrons. The predicted molar refractivity (Wildman–Crippen MR) is 57.2 cm³/mol. The molecule has 1 heterocycles. The molecular formula is C11H21NO2. The van der Waals surface area contributed by atoms with Crippen molar-refractivity contribution < 1.29 is 9.84 Å². The van der Waals surface area contributed by atoms with E-state index in [9.17, 15) is 5.11 Å². The second kappa shape index (κ2) is 4.91. The Kier molecular flexibility index (Phi) is 4.11. The van der Waals surface area contributed by atoms with Crippen molar-refractivity contribution in [2.75, 3.05) is 26.8 Å². The van der Waals surface area contributed by atoms with E-state index in [2.05, 4.69) is 18.3 Å². The van der Waals surface area contributed by atoms with Gasteiger partial charge in [-0.05, 0) is 25.5 Å². The predicted octanol–water partition coefficient (Wildman–Crippen LogP) is 0.940. The van der Waals surface area contributed by atoms with Crippen LogP contribution in [0.15, 0.2) is 11.6 Å². The largest absolute Gasteiger partial charge is 0.395 e. The van der Waals surface area contributed by atoms with E-state index in [1.54, 1.807) is 7.11 Å². The number of aliphatic hydroxyl groups is 1. The number of aliphatic hydroxyl groups excluding tert-OH is 1. The molecule has 0 aromatic carbocycles. The van der Waals surface area contributed by atoms with E-state index in [-0.39, 0.29) is 18.1 Å². The second-order valence-electron chi connectivity index (χ2n) is 4.15. The summed E-state index contributed by atoms with van der Waals surface area (Å²) >= 11 is 0. The molecule has 0 fully saturated rings. The Balaban J connectivity index is 2.81. The number of ether oxygens (including phenoxy) is 1. The zero-order valence-corrected chi connectivity index (χ0v) is 9.34. The lowest BCUT2D eigenvalue weighted by Crippen LogP contribution is -2.41. The summed E-state index contributed by atoms with van der Waals surface area (Å²) in [4.78, 5) is 0. The van der Waals surface area contributed by atoms with E-state index in [0.717, 1.165) is 19.5 Å². The third-order valence-corrected chi connectivity index (χ3v) is 3.34. The van der Waals surface area contributed by atoms with Crippen molar-refractivity contribution in [2.24, 2.45) is 5.41 Å². The Morgan fingerprint density at radius 2 is 2.43 bits per heavy atom. The lowest BCUT2D eigenvalue weighted by molar-refractivity contribution is -0.00262. The van der Waals surface area contributed by atoms with Crippen LogP contribution in [0.1, 0.15) is 20.3 Å². The van der Waals surface area contributed by atoms with E-state index in [0.29, 0.717) is 0 Å². The van der Waals surface area contributed by atoms with Gasteiger partial charge in [-0.25, -0.2) is 0 Å². The fraction of sp³-hybridized carbons (Fsp3) is 0.818. The minimum Gasteiger partial charge on any atom is -0.395 e. The monoisotopic (exact) mass is 199 g/mol. The summed E-state index contributed by atoms with van der Waals surface area (Å²) in [5, 5.41) is 12.8. The Labute approximate surface area is 86.2 Å². The summed E-state index contributed by atoms with van der Waals surface area (Å²) in [5.41, 5.74) is 1.02. The third-order valence-electron chi connectivity index (χ3n) is 3.34. The van der Waals surface area contributed by atoms with Crippen LogP contribution in [0.5, 0.6) is 0 Å². The molecule has 0 aromatic rings. The van der Waals surface area contributed by atoms with Gasteiger partial charge in [0.25, 0.3) is 0 Å². The van der Waals surface area contributed by atoms with E-state index < -0.39 is 0 Å². The molecule has 0 bridgehead atoms. The van der Waals surface area contributed by atoms with Crippen LogP contribution in [0.3, 0.4) is 0 Å². The average Bonchev–Trinajstić information content (AvgIpc) is 2.28. The van der Waals surface area contributed by atoms with Crippen molar-refractivity contribution in [3.63, 3.8) is 0 Å². The highest BCUT2D eigenvalue weighted by Gasteiger charge is 2.34. The number of hydrogen-bond acceptors (Lipinski definition) is 3. The molecule has 1 aliphatic heterocycles. The number of hydrogen-bond donors (Lipinski definition) is 2. The first-order valence-electron chi connectivity index (χ1n) is 5.19. The van der Waals surface area contributed by atoms with Gasteiger partial charge in [-0.3, -0.25) is 0 Å². The van der Waals surface area contributed by atoms with E-state index >= 15 is 0 Å². The first-order valence-corrected chi connectivity index (χ1v) is 5.19. The lowest BCUT2D eigenvalue weighted by atomic mass is 9.77. The van der Waals surface area contributed by atoms with Crippen molar-refractivity contribution in [2.45, 2.75) is 26.4 Å². The Bertz CT molecular complexity index is 215. The van der Waals surface area contributed by atoms with Gasteiger partial charge in [0.05, 0.1) is 12.7 Å². The van der Waals surface area contributed by atoms with Crippen LogP contribution in [-0.2, 0) is 4.74 Å². The average molecular weight is 199 g/mol. The van der Waals surface area contributed by atoms with Crippen molar-refractivity contribution in [3.8, 4) is 0 Å². The molecular weight excluding hydrogens is 178 g/mol. The Morgan fingerprint density at radius 1 is 1.71 bits per heavy atom. The molecule has 0 radical (unpaired) electrons. The summed E-state index contributed by atoms with van der Waals surface area (Å²) in [6.45, 7) is 6.10. The van der Waals surface area contributed by atoms with Gasteiger partial charge in [0.2, 0.25) is 0 Å². The molecule has 1 rings (SSSR count). The normalized spacial score (nSPS) is 23.9. The summed E-state index contributed by atoms with van der Waals surface area (Å²) in [7, 11) is 1.69. The third kappa shape index (κ3) is 2.16. The fourth-order valence-corrected chi connectivity index (χ4v) is 1.83. The molecule has 0 unspecified atom stereocenters. The lowest BCUT2D eigenvalue weighted by Gasteiger charge is -2.37. The molecule has 14 heavy (non-hydrogen) atoms. The molecule has 3 heteroatoms. The molecule has 0 spiro atoms. The molecule has 3 nitrogen and oxygen atoms in total. The Hall–Kier alpha value is -0.380. The van der Waals surface area contributed by atoms with Gasteiger partial charge >= 0.3 is 0 Å². The van der Waals surface area contributed by atoms with E-state index in [1.807, 2.05) is 6.92 Å². The fourth-order valence-electron chi connectivity index (χ4n) is 1.83. The Morgan fingerprint density at radius 3 is 2.86 bits per heavy atom. The van der Waals surface area contributed by atoms with Crippen molar-refractivity contribution in [1.82, 2.24) is 5.32 Å². The molecule has 0 aliphatic carbocycles. The number of rotatable bonds is 4. The SMILES string of the molecule is CO[C@@H](C)[C@@](C)(CO)C1=CCCNC1. The maximum absolute atomic E-state index is 9.49. The maximum Gasteiger partial charge on any atom is 0.0656 e. The van der Waals surface area contributed by atoms with Crippen LogP contribution in [0, 0.1) is 5.41 Å². The summed E-state index contributed by atoms with van der Waals surface area (Å²) in [5.74, 6) is 0. The van der Waals surface area contributed by atoms with E-state index in [4.69, 9.17) is 4.74 Å². The van der Waals surface area contributed by atoms with Gasteiger partial charge in [-0.2, -0.15) is 0 Å². The van der Waals surface area contributed by atoms with E-state index in [1.165, 1.54) is 5.57 Å². The first-order chi connectivity index (χ1) is 6.65. The second-order valence-corrected chi connectivity index (χ2v) is 4.15. The van der Waals surface area contributed by atoms with Gasteiger partial charge < -0.3 is 15.2 Å². The van der Waals surface area contributed by atoms with Crippen LogP contribution in [-0.4, -0.2) is 38.0 Å². The highest BCUT2D eigenvalue weighted by Crippen LogP contribution is 2.32. The zero-order chi connectivity index (χ0) is 10.6. The number of methoxy groups -OCH3 is 1. The van der Waals surface area contributed by atoms with Crippen LogP contribution >= 0.6 is 0 Å². The van der Waals surface area contributed by atoms with Gasteiger partial charge in [0.15, 0.2) is 0 Å². The zero-order valence-electron chi connectivity index (χ0n) is 9.34. The van der Waals surface area contributed by atoms with Crippen LogP contribution in [0.25, 0.3) is 0 Å². The minimum atomic E-state index is -0.248. The smallest absolute Gasteiger partial charge is 0.0656 e. The van der Waals surface area contributed by atoms with Crippen LogP contribution in [0.4, 0.5) is 0 Å². The molecule has 0 saturated carbocycles. The van der Waals surface area contributed by atoms with Crippen molar-refractivity contribution in [3.05, 3.63) is 11.6 Å². The molecule has 2 N–H and O–H groups in total. The van der Waals surface area contributed by atoms with Gasteiger partial charge in [-0.1, -0.05) is 13.0 Å². The standard InChI is InChI=1S/C11H21NO2/c1-9(14-3)11(2,8-13)10-5-4-6-12-7-10/h5,9,12-13H,4,6-8H2,1-3H3/t9-,11+/m0/s1. The maximum atomic E-state index is 9.49. The number of nitrogens with one attached hydrogen (secondary N) is 1. The van der Waals surface area contributed by atoms with Gasteiger partial charge in [0.1, 0.15) is 0 Å². The summed E-state index contributed by atoms with van der Waals surface area (Å²) in [6.07, 6.45) is 3.31. The molecule has 0 aromatic heterocycles. The summed E-state index contributed by atoms with van der Waals surface area (Å²) in [6, 6.07) is 0. The molecule has 1 aliphatic rings. The molecule has 2 atom stereocenters.